The van der Waals surface area contributed by atoms with Crippen molar-refractivity contribution >= 4 is 5.69 Å². The normalized spacial score (nSPS) is 21.9. The van der Waals surface area contributed by atoms with Gasteiger partial charge in [-0.05, 0) is 67.4 Å². The number of rotatable bonds is 4. The summed E-state index contributed by atoms with van der Waals surface area (Å²) in [6.07, 6.45) is 3.01. The van der Waals surface area contributed by atoms with Gasteiger partial charge in [0.25, 0.3) is 0 Å². The van der Waals surface area contributed by atoms with Crippen molar-refractivity contribution in [3.63, 3.8) is 0 Å². The topological polar surface area (TPSA) is 24.5 Å². The standard InChI is InChI=1S/C18H24F2N2O/c19-10-14(20)11-22-7-8-23-16-9-13-3-5-21-6-4-15(13)17(18(16)22)12-1-2-12/h9,12,14,21H,1-8,10-11H2/t14-/m0/s1. The molecule has 3 nitrogen and oxygen atoms in total. The lowest BCUT2D eigenvalue weighted by molar-refractivity contribution is 0.249. The number of halogens is 2. The molecule has 126 valence electrons. The molecule has 5 heteroatoms. The summed E-state index contributed by atoms with van der Waals surface area (Å²) in [6, 6.07) is 2.15. The molecule has 0 unspecified atom stereocenters. The van der Waals surface area contributed by atoms with Crippen LogP contribution in [-0.4, -0.2) is 45.6 Å². The Morgan fingerprint density at radius 2 is 2.13 bits per heavy atom. The van der Waals surface area contributed by atoms with Crippen molar-refractivity contribution in [2.75, 3.05) is 44.4 Å². The third kappa shape index (κ3) is 2.91. The molecular weight excluding hydrogens is 298 g/mol. The molecule has 0 saturated heterocycles. The molecule has 0 amide bonds. The second-order valence-electron chi connectivity index (χ2n) is 6.84. The molecule has 0 radical (unpaired) electrons. The molecule has 1 aromatic rings. The summed E-state index contributed by atoms with van der Waals surface area (Å²) in [4.78, 5) is 2.02. The van der Waals surface area contributed by atoms with Crippen LogP contribution >= 0.6 is 0 Å². The zero-order valence-corrected chi connectivity index (χ0v) is 13.4. The number of nitrogens with zero attached hydrogens (tertiary/aromatic N) is 1. The van der Waals surface area contributed by atoms with Crippen molar-refractivity contribution in [2.45, 2.75) is 37.8 Å². The first-order chi connectivity index (χ1) is 11.3. The molecule has 1 N–H and O–H groups in total. The average molecular weight is 322 g/mol. The fourth-order valence-electron chi connectivity index (χ4n) is 3.94. The van der Waals surface area contributed by atoms with Gasteiger partial charge in [-0.15, -0.1) is 0 Å². The molecule has 1 fully saturated rings. The van der Waals surface area contributed by atoms with Crippen LogP contribution in [0.5, 0.6) is 5.75 Å². The van der Waals surface area contributed by atoms with Gasteiger partial charge in [-0.3, -0.25) is 0 Å². The zero-order valence-electron chi connectivity index (χ0n) is 13.4. The van der Waals surface area contributed by atoms with Crippen LogP contribution in [0.4, 0.5) is 14.5 Å². The Hall–Kier alpha value is -1.36. The first kappa shape index (κ1) is 15.2. The van der Waals surface area contributed by atoms with Gasteiger partial charge in [0.15, 0.2) is 0 Å². The molecule has 2 aliphatic heterocycles. The second kappa shape index (κ2) is 6.27. The highest BCUT2D eigenvalue weighted by Crippen LogP contribution is 2.51. The fraction of sp³-hybridized carbons (Fsp3) is 0.667. The van der Waals surface area contributed by atoms with E-state index in [0.717, 1.165) is 37.4 Å². The third-order valence-corrected chi connectivity index (χ3v) is 5.14. The van der Waals surface area contributed by atoms with Crippen LogP contribution in [0.15, 0.2) is 6.07 Å². The molecule has 3 aliphatic rings. The Morgan fingerprint density at radius 1 is 1.30 bits per heavy atom. The molecular formula is C18H24F2N2O. The van der Waals surface area contributed by atoms with Crippen LogP contribution in [0.2, 0.25) is 0 Å². The van der Waals surface area contributed by atoms with E-state index in [1.807, 2.05) is 4.90 Å². The Morgan fingerprint density at radius 3 is 2.91 bits per heavy atom. The molecule has 2 heterocycles. The highest BCUT2D eigenvalue weighted by atomic mass is 19.2. The summed E-state index contributed by atoms with van der Waals surface area (Å²) < 4.78 is 32.3. The van der Waals surface area contributed by atoms with Crippen LogP contribution in [0, 0.1) is 0 Å². The van der Waals surface area contributed by atoms with Crippen LogP contribution in [-0.2, 0) is 12.8 Å². The van der Waals surface area contributed by atoms with Crippen molar-refractivity contribution in [2.24, 2.45) is 0 Å². The lowest BCUT2D eigenvalue weighted by atomic mass is 9.91. The van der Waals surface area contributed by atoms with Gasteiger partial charge in [0.05, 0.1) is 18.8 Å². The monoisotopic (exact) mass is 322 g/mol. The number of ether oxygens (including phenoxy) is 1. The number of hydrogen-bond donors (Lipinski definition) is 1. The SMILES string of the molecule is FC[C@H](F)CN1CCOc2cc3c(c(C4CC4)c21)CCNCC3. The van der Waals surface area contributed by atoms with Crippen molar-refractivity contribution in [1.29, 1.82) is 0 Å². The summed E-state index contributed by atoms with van der Waals surface area (Å²) in [7, 11) is 0. The Balaban J connectivity index is 1.80. The van der Waals surface area contributed by atoms with Gasteiger partial charge in [-0.1, -0.05) is 0 Å². The molecule has 23 heavy (non-hydrogen) atoms. The smallest absolute Gasteiger partial charge is 0.146 e. The largest absolute Gasteiger partial charge is 0.490 e. The highest BCUT2D eigenvalue weighted by molar-refractivity contribution is 5.71. The minimum Gasteiger partial charge on any atom is -0.490 e. The fourth-order valence-corrected chi connectivity index (χ4v) is 3.94. The van der Waals surface area contributed by atoms with Gasteiger partial charge < -0.3 is 15.0 Å². The highest BCUT2D eigenvalue weighted by Gasteiger charge is 2.35. The first-order valence-electron chi connectivity index (χ1n) is 8.75. The number of benzene rings is 1. The van der Waals surface area contributed by atoms with Crippen LogP contribution in [0.1, 0.15) is 35.4 Å². The molecule has 4 rings (SSSR count). The maximum atomic E-state index is 13.7. The predicted molar refractivity (Wildman–Crippen MR) is 87.3 cm³/mol. The van der Waals surface area contributed by atoms with Gasteiger partial charge in [0.2, 0.25) is 0 Å². The zero-order chi connectivity index (χ0) is 15.8. The van der Waals surface area contributed by atoms with Gasteiger partial charge in [0, 0.05) is 0 Å². The van der Waals surface area contributed by atoms with E-state index in [9.17, 15) is 8.78 Å². The third-order valence-electron chi connectivity index (χ3n) is 5.14. The summed E-state index contributed by atoms with van der Waals surface area (Å²) in [5, 5.41) is 3.46. The van der Waals surface area contributed by atoms with Gasteiger partial charge in [-0.2, -0.15) is 0 Å². The van der Waals surface area contributed by atoms with Gasteiger partial charge in [0.1, 0.15) is 25.2 Å². The van der Waals surface area contributed by atoms with Crippen LogP contribution in [0.25, 0.3) is 0 Å². The van der Waals surface area contributed by atoms with Gasteiger partial charge >= 0.3 is 0 Å². The van der Waals surface area contributed by atoms with Crippen LogP contribution < -0.4 is 15.0 Å². The minimum absolute atomic E-state index is 0.129. The Labute approximate surface area is 136 Å². The van der Waals surface area contributed by atoms with E-state index < -0.39 is 12.8 Å². The lowest BCUT2D eigenvalue weighted by Crippen LogP contribution is -2.38. The predicted octanol–water partition coefficient (Wildman–Crippen LogP) is 2.76. The van der Waals surface area contributed by atoms with Gasteiger partial charge in [-0.25, -0.2) is 8.78 Å². The van der Waals surface area contributed by atoms with Crippen molar-refractivity contribution < 1.29 is 13.5 Å². The lowest BCUT2D eigenvalue weighted by Gasteiger charge is -2.35. The van der Waals surface area contributed by atoms with E-state index in [4.69, 9.17) is 4.74 Å². The van der Waals surface area contributed by atoms with Crippen molar-refractivity contribution in [1.82, 2.24) is 5.32 Å². The number of fused-ring (bicyclic) bond motifs is 2. The molecule has 1 aliphatic carbocycles. The molecule has 1 atom stereocenters. The number of alkyl halides is 2. The van der Waals surface area contributed by atoms with Crippen molar-refractivity contribution in [3.8, 4) is 5.75 Å². The quantitative estimate of drug-likeness (QED) is 0.922. The maximum Gasteiger partial charge on any atom is 0.146 e. The second-order valence-corrected chi connectivity index (χ2v) is 6.84. The van der Waals surface area contributed by atoms with E-state index in [1.165, 1.54) is 29.5 Å². The average Bonchev–Trinajstić information content (AvgIpc) is 3.39. The number of nitrogens with one attached hydrogen (secondary N) is 1. The summed E-state index contributed by atoms with van der Waals surface area (Å²) in [6.45, 7) is 2.39. The van der Waals surface area contributed by atoms with E-state index in [1.54, 1.807) is 0 Å². The first-order valence-corrected chi connectivity index (χ1v) is 8.75. The molecule has 1 aromatic carbocycles. The summed E-state index contributed by atoms with van der Waals surface area (Å²) in [5.74, 6) is 1.45. The van der Waals surface area contributed by atoms with E-state index >= 15 is 0 Å². The Kier molecular flexibility index (Phi) is 4.14. The summed E-state index contributed by atoms with van der Waals surface area (Å²) >= 11 is 0. The van der Waals surface area contributed by atoms with E-state index in [2.05, 4.69) is 11.4 Å². The van der Waals surface area contributed by atoms with Crippen LogP contribution in [0.3, 0.4) is 0 Å². The number of anilines is 1. The summed E-state index contributed by atoms with van der Waals surface area (Å²) in [5.41, 5.74) is 5.23. The molecule has 0 bridgehead atoms. The molecule has 0 aromatic heterocycles. The van der Waals surface area contributed by atoms with E-state index in [0.29, 0.717) is 19.1 Å². The maximum absolute atomic E-state index is 13.7. The Bertz CT molecular complexity index is 589. The minimum atomic E-state index is -1.42. The molecule has 1 saturated carbocycles. The number of hydrogen-bond acceptors (Lipinski definition) is 3. The van der Waals surface area contributed by atoms with E-state index in [-0.39, 0.29) is 6.54 Å². The molecule has 0 spiro atoms. The van der Waals surface area contributed by atoms with Crippen molar-refractivity contribution in [3.05, 3.63) is 22.8 Å².